The maximum Gasteiger partial charge on any atom is 0.239 e. The molecule has 29 heavy (non-hydrogen) atoms. The second-order valence-electron chi connectivity index (χ2n) is 6.47. The van der Waals surface area contributed by atoms with Gasteiger partial charge in [0.05, 0.1) is 16.7 Å². The third-order valence-corrected chi connectivity index (χ3v) is 4.88. The van der Waals surface area contributed by atoms with E-state index in [1.165, 1.54) is 0 Å². The van der Waals surface area contributed by atoms with Gasteiger partial charge in [-0.2, -0.15) is 5.26 Å². The van der Waals surface area contributed by atoms with E-state index < -0.39 is 0 Å². The molecule has 2 heterocycles. The van der Waals surface area contributed by atoms with Crippen molar-refractivity contribution in [2.45, 2.75) is 0 Å². The predicted octanol–water partition coefficient (Wildman–Crippen LogP) is 6.16. The fourth-order valence-electron chi connectivity index (χ4n) is 3.30. The van der Waals surface area contributed by atoms with Gasteiger partial charge in [-0.25, -0.2) is 9.97 Å². The van der Waals surface area contributed by atoms with Gasteiger partial charge in [0, 0.05) is 22.0 Å². The van der Waals surface area contributed by atoms with Gasteiger partial charge in [-0.3, -0.25) is 0 Å². The molecule has 0 bridgehead atoms. The molecule has 0 saturated heterocycles. The molecule has 0 spiro atoms. The number of fused-ring (bicyclic) bond motifs is 3. The molecule has 0 atom stereocenters. The minimum atomic E-state index is 0.236. The van der Waals surface area contributed by atoms with Crippen molar-refractivity contribution in [1.82, 2.24) is 9.97 Å². The Bertz CT molecular complexity index is 1410. The van der Waals surface area contributed by atoms with Crippen molar-refractivity contribution in [3.8, 4) is 6.07 Å². The second-order valence-corrected chi connectivity index (χ2v) is 6.90. The van der Waals surface area contributed by atoms with Crippen molar-refractivity contribution >= 4 is 55.8 Å². The van der Waals surface area contributed by atoms with Crippen LogP contribution < -0.4 is 5.32 Å². The monoisotopic (exact) mass is 396 g/mol. The van der Waals surface area contributed by atoms with Crippen LogP contribution in [-0.2, 0) is 0 Å². The lowest BCUT2D eigenvalue weighted by Crippen LogP contribution is -1.95. The molecule has 2 aromatic heterocycles. The van der Waals surface area contributed by atoms with Gasteiger partial charge in [0.25, 0.3) is 0 Å². The molecule has 0 aliphatic rings. The van der Waals surface area contributed by atoms with Crippen LogP contribution in [0.15, 0.2) is 77.3 Å². The normalized spacial score (nSPS) is 11.8. The molecule has 1 N–H and O–H groups in total. The maximum atomic E-state index is 9.67. The summed E-state index contributed by atoms with van der Waals surface area (Å²) in [6.45, 7) is 0. The van der Waals surface area contributed by atoms with Gasteiger partial charge < -0.3 is 9.73 Å². The number of oxazole rings is 1. The van der Waals surface area contributed by atoms with Crippen LogP contribution in [0, 0.1) is 11.3 Å². The molecule has 0 amide bonds. The Morgan fingerprint density at radius 1 is 0.931 bits per heavy atom. The molecule has 138 valence electrons. The topological polar surface area (TPSA) is 74.7 Å². The number of benzene rings is 3. The Morgan fingerprint density at radius 2 is 1.62 bits per heavy atom. The first-order valence-electron chi connectivity index (χ1n) is 8.94. The van der Waals surface area contributed by atoms with Crippen LogP contribution in [0.3, 0.4) is 0 Å². The number of aromatic nitrogens is 2. The number of hydrogen-bond donors (Lipinski definition) is 1. The molecule has 0 fully saturated rings. The summed E-state index contributed by atoms with van der Waals surface area (Å²) >= 11 is 6.01. The number of nitrogens with one attached hydrogen (secondary N) is 1. The Labute approximate surface area is 170 Å². The summed E-state index contributed by atoms with van der Waals surface area (Å²) < 4.78 is 5.73. The minimum absolute atomic E-state index is 0.236. The van der Waals surface area contributed by atoms with E-state index in [2.05, 4.69) is 16.4 Å². The summed E-state index contributed by atoms with van der Waals surface area (Å²) in [6, 6.07) is 23.1. The van der Waals surface area contributed by atoms with Crippen LogP contribution >= 0.6 is 11.6 Å². The largest absolute Gasteiger partial charge is 0.435 e. The van der Waals surface area contributed by atoms with Crippen LogP contribution in [-0.4, -0.2) is 9.97 Å². The first kappa shape index (κ1) is 17.2. The van der Waals surface area contributed by atoms with Crippen LogP contribution in [0.25, 0.3) is 38.5 Å². The van der Waals surface area contributed by atoms with Crippen molar-refractivity contribution in [3.63, 3.8) is 0 Å². The standard InChI is InChI=1S/C23H13ClN4O/c24-15-9-10-21-20(11-15)28-23(29-21)14(12-25)13-26-22-16-5-1-3-7-18(16)27-19-8-4-2-6-17(19)22/h1-11,13H,(H,26,27)/b14-13+. The minimum Gasteiger partial charge on any atom is -0.435 e. The van der Waals surface area contributed by atoms with E-state index in [0.29, 0.717) is 16.1 Å². The van der Waals surface area contributed by atoms with Crippen LogP contribution in [0.2, 0.25) is 5.02 Å². The number of halogens is 1. The number of para-hydroxylation sites is 2. The highest BCUT2D eigenvalue weighted by molar-refractivity contribution is 6.31. The number of nitrogens with zero attached hydrogens (tertiary/aromatic N) is 3. The van der Waals surface area contributed by atoms with E-state index in [1.807, 2.05) is 48.5 Å². The molecule has 3 aromatic carbocycles. The van der Waals surface area contributed by atoms with Crippen molar-refractivity contribution < 1.29 is 4.42 Å². The van der Waals surface area contributed by atoms with Crippen molar-refractivity contribution in [2.75, 3.05) is 5.32 Å². The SMILES string of the molecule is N#C/C(=C\Nc1c2ccccc2nc2ccccc12)c1nc2cc(Cl)ccc2o1. The molecule has 0 aliphatic carbocycles. The summed E-state index contributed by atoms with van der Waals surface area (Å²) in [6.07, 6.45) is 1.61. The van der Waals surface area contributed by atoms with E-state index in [-0.39, 0.29) is 11.5 Å². The van der Waals surface area contributed by atoms with Gasteiger partial charge in [-0.1, -0.05) is 48.0 Å². The van der Waals surface area contributed by atoms with E-state index in [0.717, 1.165) is 27.5 Å². The Balaban J connectivity index is 1.63. The molecular weight excluding hydrogens is 384 g/mol. The van der Waals surface area contributed by atoms with E-state index in [1.54, 1.807) is 24.4 Å². The van der Waals surface area contributed by atoms with E-state index in [4.69, 9.17) is 21.0 Å². The average molecular weight is 397 g/mol. The summed E-state index contributed by atoms with van der Waals surface area (Å²) in [5.74, 6) is 0.236. The van der Waals surface area contributed by atoms with Gasteiger partial charge in [0.2, 0.25) is 5.89 Å². The Kier molecular flexibility index (Phi) is 4.12. The third-order valence-electron chi connectivity index (χ3n) is 4.65. The van der Waals surface area contributed by atoms with Crippen LogP contribution in [0.4, 0.5) is 5.69 Å². The molecule has 0 aliphatic heterocycles. The number of pyridine rings is 1. The first-order valence-corrected chi connectivity index (χ1v) is 9.31. The lowest BCUT2D eigenvalue weighted by molar-refractivity contribution is 0.586. The number of anilines is 1. The average Bonchev–Trinajstić information content (AvgIpc) is 3.16. The zero-order chi connectivity index (χ0) is 19.8. The fourth-order valence-corrected chi connectivity index (χ4v) is 3.46. The highest BCUT2D eigenvalue weighted by atomic mass is 35.5. The smallest absolute Gasteiger partial charge is 0.239 e. The van der Waals surface area contributed by atoms with Gasteiger partial charge in [-0.15, -0.1) is 0 Å². The predicted molar refractivity (Wildman–Crippen MR) is 115 cm³/mol. The molecule has 0 radical (unpaired) electrons. The highest BCUT2D eigenvalue weighted by Crippen LogP contribution is 2.31. The zero-order valence-electron chi connectivity index (χ0n) is 15.1. The molecule has 5 nitrogen and oxygen atoms in total. The summed E-state index contributed by atoms with van der Waals surface area (Å²) in [5.41, 5.74) is 4.08. The molecule has 0 unspecified atom stereocenters. The quantitative estimate of drug-likeness (QED) is 0.292. The van der Waals surface area contributed by atoms with Gasteiger partial charge in [0.1, 0.15) is 17.2 Å². The number of allylic oxidation sites excluding steroid dienone is 1. The number of nitriles is 1. The Morgan fingerprint density at radius 3 is 2.31 bits per heavy atom. The number of rotatable bonds is 3. The fraction of sp³-hybridized carbons (Fsp3) is 0. The molecule has 5 aromatic rings. The summed E-state index contributed by atoms with van der Waals surface area (Å²) in [4.78, 5) is 9.10. The summed E-state index contributed by atoms with van der Waals surface area (Å²) in [5, 5.41) is 15.4. The maximum absolute atomic E-state index is 9.67. The van der Waals surface area contributed by atoms with Crippen molar-refractivity contribution in [3.05, 3.63) is 83.8 Å². The second kappa shape index (κ2) is 6.93. The Hall–Kier alpha value is -3.88. The molecular formula is C23H13ClN4O. The zero-order valence-corrected chi connectivity index (χ0v) is 15.8. The van der Waals surface area contributed by atoms with Gasteiger partial charge in [-0.05, 0) is 30.3 Å². The lowest BCUT2D eigenvalue weighted by Gasteiger charge is -2.10. The van der Waals surface area contributed by atoms with Gasteiger partial charge in [0.15, 0.2) is 5.58 Å². The van der Waals surface area contributed by atoms with E-state index >= 15 is 0 Å². The number of hydrogen-bond acceptors (Lipinski definition) is 5. The highest BCUT2D eigenvalue weighted by Gasteiger charge is 2.13. The van der Waals surface area contributed by atoms with Gasteiger partial charge >= 0.3 is 0 Å². The molecule has 6 heteroatoms. The third kappa shape index (κ3) is 3.06. The first-order chi connectivity index (χ1) is 14.2. The molecule has 0 saturated carbocycles. The summed E-state index contributed by atoms with van der Waals surface area (Å²) in [7, 11) is 0. The van der Waals surface area contributed by atoms with Crippen LogP contribution in [0.5, 0.6) is 0 Å². The van der Waals surface area contributed by atoms with Crippen LogP contribution in [0.1, 0.15) is 5.89 Å². The lowest BCUT2D eigenvalue weighted by atomic mass is 10.1. The van der Waals surface area contributed by atoms with Crippen molar-refractivity contribution in [2.24, 2.45) is 0 Å². The molecule has 5 rings (SSSR count). The van der Waals surface area contributed by atoms with E-state index in [9.17, 15) is 5.26 Å². The van der Waals surface area contributed by atoms with Crippen molar-refractivity contribution in [1.29, 1.82) is 5.26 Å².